The minimum atomic E-state index is -4.38. The summed E-state index contributed by atoms with van der Waals surface area (Å²) in [6.07, 6.45) is -1.34. The normalized spacial score (nSPS) is 14.7. The van der Waals surface area contributed by atoms with Crippen molar-refractivity contribution in [3.05, 3.63) is 88.2 Å². The molecule has 0 saturated carbocycles. The number of tetrazole rings is 1. The highest BCUT2D eigenvalue weighted by atomic mass is 35.5. The van der Waals surface area contributed by atoms with E-state index in [0.29, 0.717) is 40.1 Å². The molecule has 53 heavy (non-hydrogen) atoms. The van der Waals surface area contributed by atoms with E-state index in [-0.39, 0.29) is 25.0 Å². The minimum Gasteiger partial charge on any atom is -0.496 e. The van der Waals surface area contributed by atoms with E-state index in [1.807, 2.05) is 41.0 Å². The number of halogens is 5. The zero-order chi connectivity index (χ0) is 37.5. The van der Waals surface area contributed by atoms with Crippen LogP contribution in [0.3, 0.4) is 0 Å². The standard InChI is InChI=1S/C36H40Cl2F3N9O3/c1-46(34(51)28-21-27(9-11-33(28)52-2)50-24-42-44-45-50)22-26(25-8-10-29(37)30(38)20-25)12-15-47-13-5-14-48(17-16-47)35-43-31-6-3-4-7-32(31)49(35)18-19-53-23-36(39,40)41/h3-4,6-11,20-21,24,26H,5,12-19,22-23H2,1-2H3. The first-order chi connectivity index (χ1) is 25.5. The number of amides is 1. The van der Waals surface area contributed by atoms with Crippen molar-refractivity contribution >= 4 is 46.1 Å². The van der Waals surface area contributed by atoms with Crippen molar-refractivity contribution in [2.75, 3.05) is 71.5 Å². The molecule has 0 spiro atoms. The van der Waals surface area contributed by atoms with Gasteiger partial charge in [-0.15, -0.1) is 5.10 Å². The van der Waals surface area contributed by atoms with Crippen molar-refractivity contribution < 1.29 is 27.4 Å². The molecule has 0 radical (unpaired) electrons. The Balaban J connectivity index is 1.15. The number of para-hydroxylation sites is 2. The average molecular weight is 775 g/mol. The Kier molecular flexibility index (Phi) is 12.4. The number of imidazole rings is 1. The van der Waals surface area contributed by atoms with Crippen molar-refractivity contribution in [3.63, 3.8) is 0 Å². The lowest BCUT2D eigenvalue weighted by Gasteiger charge is -2.28. The Morgan fingerprint density at radius 2 is 1.83 bits per heavy atom. The average Bonchev–Trinajstić information content (AvgIpc) is 3.75. The fourth-order valence-electron chi connectivity index (χ4n) is 6.64. The van der Waals surface area contributed by atoms with Crippen molar-refractivity contribution in [1.82, 2.24) is 39.6 Å². The number of ether oxygens (including phenoxy) is 2. The van der Waals surface area contributed by atoms with Crippen LogP contribution in [0.25, 0.3) is 16.7 Å². The van der Waals surface area contributed by atoms with Crippen molar-refractivity contribution in [2.24, 2.45) is 0 Å². The van der Waals surface area contributed by atoms with E-state index in [1.165, 1.54) is 18.1 Å². The number of rotatable bonds is 14. The van der Waals surface area contributed by atoms with E-state index in [9.17, 15) is 18.0 Å². The highest BCUT2D eigenvalue weighted by Gasteiger charge is 2.28. The quantitative estimate of drug-likeness (QED) is 0.119. The Hall–Kier alpha value is -4.44. The Labute approximate surface area is 315 Å². The lowest BCUT2D eigenvalue weighted by molar-refractivity contribution is -0.174. The van der Waals surface area contributed by atoms with Crippen molar-refractivity contribution in [2.45, 2.75) is 31.5 Å². The number of alkyl halides is 3. The molecule has 1 fully saturated rings. The maximum atomic E-state index is 13.9. The molecule has 1 saturated heterocycles. The van der Waals surface area contributed by atoms with Crippen LogP contribution in [0.4, 0.5) is 19.1 Å². The van der Waals surface area contributed by atoms with Gasteiger partial charge >= 0.3 is 6.18 Å². The SMILES string of the molecule is COc1ccc(-n2cnnn2)cc1C(=O)N(C)CC(CCN1CCCN(c2nc3ccccc3n2CCOCC(F)(F)F)CC1)c1ccc(Cl)c(Cl)c1. The fourth-order valence-corrected chi connectivity index (χ4v) is 6.94. The molecule has 1 amide bonds. The summed E-state index contributed by atoms with van der Waals surface area (Å²) in [4.78, 5) is 25.1. The predicted molar refractivity (Wildman–Crippen MR) is 196 cm³/mol. The van der Waals surface area contributed by atoms with Gasteiger partial charge in [-0.2, -0.15) is 13.2 Å². The fraction of sp³-hybridized carbons (Fsp3) is 0.417. The molecule has 1 aliphatic rings. The first kappa shape index (κ1) is 38.3. The van der Waals surface area contributed by atoms with E-state index < -0.39 is 12.8 Å². The predicted octanol–water partition coefficient (Wildman–Crippen LogP) is 6.36. The number of anilines is 1. The number of hydrogen-bond acceptors (Lipinski definition) is 9. The van der Waals surface area contributed by atoms with Gasteiger partial charge in [-0.25, -0.2) is 9.67 Å². The van der Waals surface area contributed by atoms with Crippen molar-refractivity contribution in [1.29, 1.82) is 0 Å². The Morgan fingerprint density at radius 1 is 1.00 bits per heavy atom. The molecular weight excluding hydrogens is 734 g/mol. The summed E-state index contributed by atoms with van der Waals surface area (Å²) in [7, 11) is 3.28. The van der Waals surface area contributed by atoms with Crippen LogP contribution in [-0.4, -0.2) is 118 Å². The summed E-state index contributed by atoms with van der Waals surface area (Å²) in [6.45, 7) is 3.03. The van der Waals surface area contributed by atoms with Gasteiger partial charge in [0.2, 0.25) is 5.95 Å². The van der Waals surface area contributed by atoms with Gasteiger partial charge in [-0.1, -0.05) is 41.4 Å². The lowest BCUT2D eigenvalue weighted by atomic mass is 9.94. The number of benzene rings is 3. The second-order valence-corrected chi connectivity index (χ2v) is 13.7. The van der Waals surface area contributed by atoms with Crippen LogP contribution >= 0.6 is 23.2 Å². The summed E-state index contributed by atoms with van der Waals surface area (Å²) < 4.78 is 52.1. The zero-order valence-electron chi connectivity index (χ0n) is 29.3. The van der Waals surface area contributed by atoms with Gasteiger partial charge in [0.1, 0.15) is 18.7 Å². The maximum absolute atomic E-state index is 13.9. The number of methoxy groups -OCH3 is 1. The number of carbonyl (C=O) groups is 1. The first-order valence-corrected chi connectivity index (χ1v) is 17.9. The van der Waals surface area contributed by atoms with Gasteiger partial charge in [0, 0.05) is 45.7 Å². The van der Waals surface area contributed by atoms with Crippen LogP contribution < -0.4 is 9.64 Å². The molecule has 282 valence electrons. The molecular formula is C36H40Cl2F3N9O3. The summed E-state index contributed by atoms with van der Waals surface area (Å²) in [6, 6.07) is 18.4. The van der Waals surface area contributed by atoms with Crippen LogP contribution in [0.15, 0.2) is 67.0 Å². The number of fused-ring (bicyclic) bond motifs is 1. The van der Waals surface area contributed by atoms with Crippen molar-refractivity contribution in [3.8, 4) is 11.4 Å². The van der Waals surface area contributed by atoms with Crippen LogP contribution in [0.5, 0.6) is 5.75 Å². The van der Waals surface area contributed by atoms with Crippen LogP contribution in [0.1, 0.15) is 34.7 Å². The molecule has 1 aliphatic heterocycles. The summed E-state index contributed by atoms with van der Waals surface area (Å²) in [5.41, 5.74) is 3.59. The van der Waals surface area contributed by atoms with E-state index in [1.54, 1.807) is 36.2 Å². The third-order valence-electron chi connectivity index (χ3n) is 9.31. The van der Waals surface area contributed by atoms with Gasteiger partial charge in [0.05, 0.1) is 46.0 Å². The smallest absolute Gasteiger partial charge is 0.411 e. The first-order valence-electron chi connectivity index (χ1n) is 17.2. The number of carbonyl (C=O) groups excluding carboxylic acids is 1. The van der Waals surface area contributed by atoms with E-state index in [4.69, 9.17) is 37.7 Å². The second kappa shape index (κ2) is 17.1. The summed E-state index contributed by atoms with van der Waals surface area (Å²) >= 11 is 12.8. The number of aromatic nitrogens is 6. The van der Waals surface area contributed by atoms with Gasteiger partial charge in [0.15, 0.2) is 0 Å². The molecule has 0 aliphatic carbocycles. The molecule has 1 atom stereocenters. The molecule has 2 aromatic heterocycles. The number of likely N-dealkylation sites (N-methyl/N-ethyl adjacent to an activating group) is 1. The minimum absolute atomic E-state index is 0.0762. The van der Waals surface area contributed by atoms with E-state index >= 15 is 0 Å². The molecule has 3 heterocycles. The second-order valence-electron chi connectivity index (χ2n) is 12.9. The molecule has 0 bridgehead atoms. The van der Waals surface area contributed by atoms with Gasteiger partial charge in [-0.05, 0) is 84.4 Å². The molecule has 5 aromatic rings. The molecule has 3 aromatic carbocycles. The highest BCUT2D eigenvalue weighted by molar-refractivity contribution is 6.42. The summed E-state index contributed by atoms with van der Waals surface area (Å²) in [5, 5.41) is 12.2. The number of nitrogens with zero attached hydrogens (tertiary/aromatic N) is 9. The Morgan fingerprint density at radius 3 is 2.58 bits per heavy atom. The lowest BCUT2D eigenvalue weighted by Crippen LogP contribution is -2.35. The molecule has 1 unspecified atom stereocenters. The van der Waals surface area contributed by atoms with Crippen LogP contribution in [0.2, 0.25) is 10.0 Å². The molecule has 6 rings (SSSR count). The van der Waals surface area contributed by atoms with Gasteiger partial charge < -0.3 is 28.7 Å². The summed E-state index contributed by atoms with van der Waals surface area (Å²) in [5.74, 6) is 0.852. The van der Waals surface area contributed by atoms with Gasteiger partial charge in [0.25, 0.3) is 5.91 Å². The third-order valence-corrected chi connectivity index (χ3v) is 10.0. The maximum Gasteiger partial charge on any atom is 0.411 e. The molecule has 0 N–H and O–H groups in total. The van der Waals surface area contributed by atoms with E-state index in [2.05, 4.69) is 25.3 Å². The molecule has 17 heteroatoms. The Bertz CT molecular complexity index is 1990. The third kappa shape index (κ3) is 9.57. The van der Waals surface area contributed by atoms with Crippen LogP contribution in [-0.2, 0) is 11.3 Å². The largest absolute Gasteiger partial charge is 0.496 e. The number of hydrogen-bond donors (Lipinski definition) is 0. The van der Waals surface area contributed by atoms with E-state index in [0.717, 1.165) is 61.6 Å². The topological polar surface area (TPSA) is 107 Å². The zero-order valence-corrected chi connectivity index (χ0v) is 30.9. The highest BCUT2D eigenvalue weighted by Crippen LogP contribution is 2.31. The monoisotopic (exact) mass is 773 g/mol. The van der Waals surface area contributed by atoms with Crippen LogP contribution in [0, 0.1) is 0 Å². The van der Waals surface area contributed by atoms with Gasteiger partial charge in [-0.3, -0.25) is 4.79 Å². The molecule has 12 nitrogen and oxygen atoms in total.